The van der Waals surface area contributed by atoms with Crippen molar-refractivity contribution in [1.29, 1.82) is 5.26 Å². The zero-order valence-electron chi connectivity index (χ0n) is 25.0. The maximum Gasteiger partial charge on any atom is 0.167 e. The van der Waals surface area contributed by atoms with Crippen LogP contribution < -0.4 is 9.64 Å². The minimum Gasteiger partial charge on any atom is -0.483 e. The normalized spacial score (nSPS) is 21.1. The summed E-state index contributed by atoms with van der Waals surface area (Å²) in [6.07, 6.45) is 7.59. The van der Waals surface area contributed by atoms with Crippen LogP contribution >= 0.6 is 23.2 Å². The van der Waals surface area contributed by atoms with Crippen LogP contribution in [-0.2, 0) is 14.6 Å². The lowest BCUT2D eigenvalue weighted by Crippen LogP contribution is -2.61. The number of nitriles is 1. The van der Waals surface area contributed by atoms with Crippen molar-refractivity contribution in [2.24, 2.45) is 5.41 Å². The number of sulfone groups is 1. The molecule has 1 aromatic carbocycles. The first-order valence-corrected chi connectivity index (χ1v) is 17.8. The van der Waals surface area contributed by atoms with Crippen molar-refractivity contribution < 1.29 is 22.3 Å². The highest BCUT2D eigenvalue weighted by atomic mass is 35.5. The van der Waals surface area contributed by atoms with Crippen LogP contribution in [0.4, 0.5) is 10.2 Å². The summed E-state index contributed by atoms with van der Waals surface area (Å²) in [6.45, 7) is 3.37. The van der Waals surface area contributed by atoms with Gasteiger partial charge in [0, 0.05) is 66.3 Å². The number of hydrogen-bond acceptors (Lipinski definition) is 9. The second-order valence-electron chi connectivity index (χ2n) is 12.4. The van der Waals surface area contributed by atoms with E-state index in [1.165, 1.54) is 18.5 Å². The van der Waals surface area contributed by atoms with E-state index in [2.05, 4.69) is 16.0 Å². The fourth-order valence-corrected chi connectivity index (χ4v) is 9.66. The molecule has 10 nitrogen and oxygen atoms in total. The number of aromatic nitrogens is 4. The third-order valence-corrected chi connectivity index (χ3v) is 11.7. The molecule has 14 heteroatoms. The predicted octanol–water partition coefficient (Wildman–Crippen LogP) is 6.66. The van der Waals surface area contributed by atoms with Gasteiger partial charge in [-0.2, -0.15) is 10.4 Å². The number of fused-ring (bicyclic) bond motifs is 1. The Morgan fingerprint density at radius 2 is 1.93 bits per heavy atom. The molecule has 0 N–H and O–H groups in total. The molecule has 3 aliphatic rings. The number of benzene rings is 1. The van der Waals surface area contributed by atoms with Gasteiger partial charge < -0.3 is 14.4 Å². The first kappa shape index (κ1) is 31.1. The van der Waals surface area contributed by atoms with E-state index in [0.717, 1.165) is 25.7 Å². The average molecular weight is 686 g/mol. The Morgan fingerprint density at radius 3 is 2.63 bits per heavy atom. The fourth-order valence-electron chi connectivity index (χ4n) is 7.00. The van der Waals surface area contributed by atoms with Gasteiger partial charge in [0.2, 0.25) is 0 Å². The van der Waals surface area contributed by atoms with Crippen LogP contribution in [0.1, 0.15) is 62.5 Å². The average Bonchev–Trinajstić information content (AvgIpc) is 3.37. The molecule has 0 bridgehead atoms. The molecule has 240 valence electrons. The van der Waals surface area contributed by atoms with Gasteiger partial charge in [0.1, 0.15) is 23.7 Å². The number of ether oxygens (including phenoxy) is 2. The summed E-state index contributed by atoms with van der Waals surface area (Å²) < 4.78 is 54.1. The Morgan fingerprint density at radius 1 is 1.15 bits per heavy atom. The number of anilines is 1. The Balaban J connectivity index is 1.26. The van der Waals surface area contributed by atoms with Gasteiger partial charge in [0.05, 0.1) is 32.6 Å². The summed E-state index contributed by atoms with van der Waals surface area (Å²) in [5.41, 5.74) is 2.13. The zero-order chi connectivity index (χ0) is 32.2. The van der Waals surface area contributed by atoms with Crippen molar-refractivity contribution in [1.82, 2.24) is 19.7 Å². The molecule has 0 saturated carbocycles. The van der Waals surface area contributed by atoms with Gasteiger partial charge in [-0.25, -0.2) is 22.5 Å². The van der Waals surface area contributed by atoms with Gasteiger partial charge in [-0.15, -0.1) is 0 Å². The third-order valence-electron chi connectivity index (χ3n) is 9.09. The van der Waals surface area contributed by atoms with E-state index in [4.69, 9.17) is 37.8 Å². The Kier molecular flexibility index (Phi) is 8.08. The van der Waals surface area contributed by atoms with Crippen molar-refractivity contribution in [3.8, 4) is 23.1 Å². The molecular weight excluding hydrogens is 654 g/mol. The highest BCUT2D eigenvalue weighted by molar-refractivity contribution is 7.91. The molecule has 2 unspecified atom stereocenters. The summed E-state index contributed by atoms with van der Waals surface area (Å²) in [5, 5.41) is 16.2. The lowest BCUT2D eigenvalue weighted by atomic mass is 9.77. The Hall–Kier alpha value is -3.50. The number of rotatable bonds is 6. The zero-order valence-corrected chi connectivity index (χ0v) is 27.4. The minimum atomic E-state index is -3.06. The van der Waals surface area contributed by atoms with Gasteiger partial charge in [-0.3, -0.25) is 4.98 Å². The summed E-state index contributed by atoms with van der Waals surface area (Å²) in [7, 11) is -3.06. The topological polar surface area (TPSA) is 123 Å². The van der Waals surface area contributed by atoms with Crippen molar-refractivity contribution in [3.05, 3.63) is 63.8 Å². The predicted molar refractivity (Wildman–Crippen MR) is 172 cm³/mol. The third kappa shape index (κ3) is 5.68. The lowest BCUT2D eigenvalue weighted by Gasteiger charge is -2.52. The first-order valence-electron chi connectivity index (χ1n) is 15.2. The smallest absolute Gasteiger partial charge is 0.167 e. The molecule has 7 rings (SSSR count). The molecule has 0 amide bonds. The molecule has 3 aliphatic heterocycles. The number of nitrogens with zero attached hydrogens (tertiary/aromatic N) is 6. The number of hydrogen-bond donors (Lipinski definition) is 0. The standard InChI is InChI=1S/C32H31Cl2FN6O4S/c1-19(29-23(33)14-37-15-24(29)34)45-27-10-22-26(11-25(27)35)41(28-5-2-3-7-44-28)39-30(22)21-9-20(12-36)31(38-13-21)40-16-32(17-40)6-4-8-46(42,43)18-32/h9-11,13-15,19,28H,2-8,16-18H2,1H3. The monoisotopic (exact) mass is 684 g/mol. The van der Waals surface area contributed by atoms with Crippen molar-refractivity contribution >= 4 is 49.8 Å². The van der Waals surface area contributed by atoms with Crippen LogP contribution in [0.2, 0.25) is 10.0 Å². The maximum atomic E-state index is 15.7. The number of pyridine rings is 2. The highest BCUT2D eigenvalue weighted by Gasteiger charge is 2.48. The molecule has 3 saturated heterocycles. The van der Waals surface area contributed by atoms with Crippen molar-refractivity contribution in [3.63, 3.8) is 0 Å². The summed E-state index contributed by atoms with van der Waals surface area (Å²) in [4.78, 5) is 10.6. The second kappa shape index (κ2) is 11.9. The van der Waals surface area contributed by atoms with Crippen molar-refractivity contribution in [2.45, 2.75) is 51.4 Å². The summed E-state index contributed by atoms with van der Waals surface area (Å²) >= 11 is 12.7. The molecule has 6 heterocycles. The van der Waals surface area contributed by atoms with E-state index < -0.39 is 21.8 Å². The van der Waals surface area contributed by atoms with Crippen LogP contribution in [0.25, 0.3) is 22.2 Å². The molecular formula is C32H31Cl2FN6O4S. The van der Waals surface area contributed by atoms with E-state index in [0.29, 0.717) is 75.3 Å². The Bertz CT molecular complexity index is 1970. The van der Waals surface area contributed by atoms with E-state index >= 15 is 4.39 Å². The van der Waals surface area contributed by atoms with E-state index in [1.807, 2.05) is 4.90 Å². The van der Waals surface area contributed by atoms with Crippen LogP contribution in [-0.4, -0.2) is 59.4 Å². The molecule has 4 aromatic rings. The minimum absolute atomic E-state index is 0.0206. The maximum absolute atomic E-state index is 15.7. The molecule has 0 aliphatic carbocycles. The number of halogens is 3. The Labute approximate surface area is 276 Å². The van der Waals surface area contributed by atoms with Gasteiger partial charge >= 0.3 is 0 Å². The second-order valence-corrected chi connectivity index (χ2v) is 15.4. The van der Waals surface area contributed by atoms with Crippen LogP contribution in [0.3, 0.4) is 0 Å². The van der Waals surface area contributed by atoms with Gasteiger partial charge in [0.15, 0.2) is 27.6 Å². The SMILES string of the molecule is CC(Oc1cc2c(-c3cnc(N4CC5(CCCS(=O)(=O)C5)C4)c(C#N)c3)nn(C3CCCCO3)c2cc1F)c1c(Cl)cncc1Cl. The van der Waals surface area contributed by atoms with Crippen molar-refractivity contribution in [2.75, 3.05) is 36.1 Å². The summed E-state index contributed by atoms with van der Waals surface area (Å²) in [5.74, 6) is 0.300. The van der Waals surface area contributed by atoms with E-state index in [1.54, 1.807) is 29.9 Å². The van der Waals surface area contributed by atoms with Gasteiger partial charge in [-0.05, 0) is 51.2 Å². The van der Waals surface area contributed by atoms with E-state index in [-0.39, 0.29) is 28.9 Å². The molecule has 46 heavy (non-hydrogen) atoms. The van der Waals surface area contributed by atoms with Crippen LogP contribution in [0, 0.1) is 22.6 Å². The quantitative estimate of drug-likeness (QED) is 0.219. The highest BCUT2D eigenvalue weighted by Crippen LogP contribution is 2.44. The molecule has 0 radical (unpaired) electrons. The molecule has 3 aromatic heterocycles. The molecule has 3 fully saturated rings. The van der Waals surface area contributed by atoms with Gasteiger partial charge in [0.25, 0.3) is 0 Å². The largest absolute Gasteiger partial charge is 0.483 e. The molecule has 1 spiro atoms. The first-order chi connectivity index (χ1) is 22.1. The van der Waals surface area contributed by atoms with Gasteiger partial charge in [-0.1, -0.05) is 23.2 Å². The van der Waals surface area contributed by atoms with Crippen LogP contribution in [0.5, 0.6) is 5.75 Å². The lowest BCUT2D eigenvalue weighted by molar-refractivity contribution is -0.0365. The van der Waals surface area contributed by atoms with E-state index in [9.17, 15) is 13.7 Å². The summed E-state index contributed by atoms with van der Waals surface area (Å²) in [6, 6.07) is 6.96. The fraction of sp³-hybridized carbons (Fsp3) is 0.438. The van der Waals surface area contributed by atoms with Crippen LogP contribution in [0.15, 0.2) is 36.8 Å². The molecule has 2 atom stereocenters.